The number of carbonyl (C=O) groups is 1. The van der Waals surface area contributed by atoms with Crippen molar-refractivity contribution >= 4 is 5.78 Å². The van der Waals surface area contributed by atoms with Crippen LogP contribution in [0.2, 0.25) is 0 Å². The molecule has 0 saturated carbocycles. The minimum atomic E-state index is 0.0588. The van der Waals surface area contributed by atoms with Crippen LogP contribution in [-0.4, -0.2) is 24.8 Å². The van der Waals surface area contributed by atoms with Crippen molar-refractivity contribution in [2.45, 2.75) is 6.54 Å². The number of hydrogen-bond acceptors (Lipinski definition) is 2. The quantitative estimate of drug-likeness (QED) is 0.639. The summed E-state index contributed by atoms with van der Waals surface area (Å²) >= 11 is 0. The van der Waals surface area contributed by atoms with Crippen molar-refractivity contribution < 1.29 is 4.79 Å². The van der Waals surface area contributed by atoms with Crippen LogP contribution in [0.1, 0.15) is 21.5 Å². The van der Waals surface area contributed by atoms with Crippen molar-refractivity contribution in [3.63, 3.8) is 0 Å². The predicted molar refractivity (Wildman–Crippen MR) is 99.1 cm³/mol. The zero-order chi connectivity index (χ0) is 16.9. The van der Waals surface area contributed by atoms with Gasteiger partial charge in [-0.2, -0.15) is 0 Å². The smallest absolute Gasteiger partial charge is 0.193 e. The topological polar surface area (TPSA) is 20.3 Å². The summed E-state index contributed by atoms with van der Waals surface area (Å²) in [6.07, 6.45) is 0. The van der Waals surface area contributed by atoms with Crippen LogP contribution in [0.4, 0.5) is 0 Å². The highest BCUT2D eigenvalue weighted by molar-refractivity contribution is 6.09. The van der Waals surface area contributed by atoms with Gasteiger partial charge in [0.2, 0.25) is 0 Å². The molecule has 0 amide bonds. The van der Waals surface area contributed by atoms with Gasteiger partial charge in [0.25, 0.3) is 0 Å². The maximum atomic E-state index is 12.5. The van der Waals surface area contributed by atoms with E-state index in [0.717, 1.165) is 23.2 Å². The fraction of sp³-hybridized carbons (Fsp3) is 0.136. The molecule has 2 heteroatoms. The van der Waals surface area contributed by atoms with Crippen molar-refractivity contribution in [1.29, 1.82) is 0 Å². The third-order valence-corrected chi connectivity index (χ3v) is 3.94. The average molecular weight is 315 g/mol. The van der Waals surface area contributed by atoms with Gasteiger partial charge in [-0.1, -0.05) is 72.8 Å². The van der Waals surface area contributed by atoms with Crippen molar-refractivity contribution in [3.8, 4) is 11.1 Å². The van der Waals surface area contributed by atoms with Gasteiger partial charge >= 0.3 is 0 Å². The molecule has 0 aliphatic carbocycles. The molecule has 0 N–H and O–H groups in total. The number of nitrogens with zero attached hydrogens (tertiary/aromatic N) is 1. The highest BCUT2D eigenvalue weighted by Crippen LogP contribution is 2.22. The van der Waals surface area contributed by atoms with Gasteiger partial charge in [-0.3, -0.25) is 4.79 Å². The molecule has 2 nitrogen and oxygen atoms in total. The van der Waals surface area contributed by atoms with Crippen LogP contribution >= 0.6 is 0 Å². The van der Waals surface area contributed by atoms with E-state index in [1.54, 1.807) is 0 Å². The molecule has 0 aromatic heterocycles. The molecule has 3 aromatic carbocycles. The molecule has 0 aliphatic rings. The summed E-state index contributed by atoms with van der Waals surface area (Å²) < 4.78 is 0. The number of ketones is 1. The van der Waals surface area contributed by atoms with Crippen LogP contribution < -0.4 is 0 Å². The normalized spacial score (nSPS) is 10.8. The van der Waals surface area contributed by atoms with Crippen molar-refractivity contribution in [1.82, 2.24) is 4.90 Å². The van der Waals surface area contributed by atoms with E-state index < -0.39 is 0 Å². The summed E-state index contributed by atoms with van der Waals surface area (Å²) in [5.41, 5.74) is 5.02. The van der Waals surface area contributed by atoms with Gasteiger partial charge in [0, 0.05) is 17.7 Å². The first-order valence-corrected chi connectivity index (χ1v) is 8.07. The van der Waals surface area contributed by atoms with Gasteiger partial charge in [0.15, 0.2) is 5.78 Å². The number of hydrogen-bond donors (Lipinski definition) is 0. The highest BCUT2D eigenvalue weighted by atomic mass is 16.1. The third-order valence-electron chi connectivity index (χ3n) is 3.94. The van der Waals surface area contributed by atoms with Crippen LogP contribution in [0.15, 0.2) is 78.9 Å². The molecule has 0 atom stereocenters. The standard InChI is InChI=1S/C22H21NO/c1-23(2)16-17-7-6-10-21(15-17)18-11-13-20(14-12-18)22(24)19-8-4-3-5-9-19/h3-15H,16H2,1-2H3. The van der Waals surface area contributed by atoms with E-state index in [1.165, 1.54) is 11.1 Å². The van der Waals surface area contributed by atoms with Gasteiger partial charge in [-0.25, -0.2) is 0 Å². The average Bonchev–Trinajstić information content (AvgIpc) is 2.62. The molecule has 0 saturated heterocycles. The minimum absolute atomic E-state index is 0.0588. The number of carbonyl (C=O) groups excluding carboxylic acids is 1. The first-order chi connectivity index (χ1) is 11.6. The van der Waals surface area contributed by atoms with Gasteiger partial charge in [-0.15, -0.1) is 0 Å². The zero-order valence-electron chi connectivity index (χ0n) is 14.1. The molecule has 24 heavy (non-hydrogen) atoms. The Kier molecular flexibility index (Phi) is 4.88. The Hall–Kier alpha value is -2.71. The van der Waals surface area contributed by atoms with Crippen LogP contribution in [0, 0.1) is 0 Å². The summed E-state index contributed by atoms with van der Waals surface area (Å²) in [5.74, 6) is 0.0588. The third kappa shape index (κ3) is 3.79. The van der Waals surface area contributed by atoms with Crippen molar-refractivity contribution in [2.75, 3.05) is 14.1 Å². The molecule has 0 bridgehead atoms. The molecule has 0 unspecified atom stereocenters. The molecule has 0 fully saturated rings. The molecule has 0 aliphatic heterocycles. The Morgan fingerprint density at radius 2 is 1.42 bits per heavy atom. The molecule has 120 valence electrons. The lowest BCUT2D eigenvalue weighted by Crippen LogP contribution is -2.10. The van der Waals surface area contributed by atoms with Crippen molar-refractivity contribution in [3.05, 3.63) is 95.6 Å². The Morgan fingerprint density at radius 3 is 2.08 bits per heavy atom. The Balaban J connectivity index is 1.83. The largest absolute Gasteiger partial charge is 0.305 e. The van der Waals surface area contributed by atoms with Gasteiger partial charge in [0.05, 0.1) is 0 Å². The monoisotopic (exact) mass is 315 g/mol. The van der Waals surface area contributed by atoms with E-state index >= 15 is 0 Å². The fourth-order valence-corrected chi connectivity index (χ4v) is 2.78. The summed E-state index contributed by atoms with van der Waals surface area (Å²) in [5, 5.41) is 0. The van der Waals surface area contributed by atoms with Crippen LogP contribution in [-0.2, 0) is 6.54 Å². The Labute approximate surface area is 143 Å². The van der Waals surface area contributed by atoms with E-state index in [1.807, 2.05) is 54.6 Å². The number of rotatable bonds is 5. The first kappa shape index (κ1) is 16.2. The summed E-state index contributed by atoms with van der Waals surface area (Å²) in [6, 6.07) is 25.8. The molecule has 3 rings (SSSR count). The lowest BCUT2D eigenvalue weighted by Gasteiger charge is -2.11. The van der Waals surface area contributed by atoms with Gasteiger partial charge in [0.1, 0.15) is 0 Å². The lowest BCUT2D eigenvalue weighted by molar-refractivity contribution is 0.103. The predicted octanol–water partition coefficient (Wildman–Crippen LogP) is 4.65. The van der Waals surface area contributed by atoms with Crippen molar-refractivity contribution in [2.24, 2.45) is 0 Å². The second-order valence-electron chi connectivity index (χ2n) is 6.21. The second-order valence-corrected chi connectivity index (χ2v) is 6.21. The minimum Gasteiger partial charge on any atom is -0.305 e. The summed E-state index contributed by atoms with van der Waals surface area (Å²) in [4.78, 5) is 14.6. The van der Waals surface area contributed by atoms with Crippen LogP contribution in [0.5, 0.6) is 0 Å². The van der Waals surface area contributed by atoms with Gasteiger partial charge in [-0.05, 0) is 36.9 Å². The van der Waals surface area contributed by atoms with E-state index in [-0.39, 0.29) is 5.78 Å². The SMILES string of the molecule is CN(C)Cc1cccc(-c2ccc(C(=O)c3ccccc3)cc2)c1. The van der Waals surface area contributed by atoms with Gasteiger partial charge < -0.3 is 4.90 Å². The fourth-order valence-electron chi connectivity index (χ4n) is 2.78. The highest BCUT2D eigenvalue weighted by Gasteiger charge is 2.08. The maximum absolute atomic E-state index is 12.5. The maximum Gasteiger partial charge on any atom is 0.193 e. The zero-order valence-corrected chi connectivity index (χ0v) is 14.1. The van der Waals surface area contributed by atoms with E-state index in [0.29, 0.717) is 0 Å². The lowest BCUT2D eigenvalue weighted by atomic mass is 9.98. The summed E-state index contributed by atoms with van der Waals surface area (Å²) in [7, 11) is 4.13. The van der Waals surface area contributed by atoms with Crippen LogP contribution in [0.25, 0.3) is 11.1 Å². The molecule has 0 heterocycles. The second kappa shape index (κ2) is 7.24. The molecular weight excluding hydrogens is 294 g/mol. The molecule has 0 radical (unpaired) electrons. The van der Waals surface area contributed by atoms with Crippen LogP contribution in [0.3, 0.4) is 0 Å². The Morgan fingerprint density at radius 1 is 0.750 bits per heavy atom. The van der Waals surface area contributed by atoms with E-state index in [4.69, 9.17) is 0 Å². The summed E-state index contributed by atoms with van der Waals surface area (Å²) in [6.45, 7) is 0.915. The molecule has 0 spiro atoms. The first-order valence-electron chi connectivity index (χ1n) is 8.07. The number of benzene rings is 3. The van der Waals surface area contributed by atoms with E-state index in [9.17, 15) is 4.79 Å². The molecule has 3 aromatic rings. The Bertz CT molecular complexity index is 820. The molecular formula is C22H21NO. The van der Waals surface area contributed by atoms with E-state index in [2.05, 4.69) is 43.3 Å².